The molecule has 0 saturated carbocycles. The molecule has 0 N–H and O–H groups in total. The van der Waals surface area contributed by atoms with Crippen LogP contribution in [0.15, 0.2) is 99.6 Å². The maximum absolute atomic E-state index is 14.0. The number of ether oxygens (including phenoxy) is 2. The standard InChI is InChI=1S/C33H25IN2O3S2/c1-38-26-17-21(16-25(34)31(26)39-19-20-8-3-2-4-9-20)18-28-32(37)36-30(27-12-7-15-40-27)24-14-13-22-10-5-6-11-23(22)29(24)35-33(36)41-28/h2-12,15-18,30H,13-14,19H2,1H3/b28-18+/t30-/m1/s1. The van der Waals surface area contributed by atoms with Crippen LogP contribution in [0.4, 0.5) is 0 Å². The van der Waals surface area contributed by atoms with Crippen LogP contribution in [0.5, 0.6) is 11.5 Å². The second-order valence-corrected chi connectivity index (χ2v) is 13.1. The summed E-state index contributed by atoms with van der Waals surface area (Å²) in [5.41, 5.74) is 6.69. The van der Waals surface area contributed by atoms with Crippen LogP contribution in [0.3, 0.4) is 0 Å². The van der Waals surface area contributed by atoms with Gasteiger partial charge in [0.25, 0.3) is 5.56 Å². The summed E-state index contributed by atoms with van der Waals surface area (Å²) in [5.74, 6) is 1.33. The van der Waals surface area contributed by atoms with Gasteiger partial charge in [0.15, 0.2) is 16.3 Å². The first-order chi connectivity index (χ1) is 20.1. The first-order valence-corrected chi connectivity index (χ1v) is 16.1. The molecule has 0 bridgehead atoms. The first-order valence-electron chi connectivity index (χ1n) is 13.3. The predicted octanol–water partition coefficient (Wildman–Crippen LogP) is 6.57. The number of rotatable bonds is 6. The third-order valence-corrected chi connectivity index (χ3v) is 10.2. The fourth-order valence-corrected chi connectivity index (χ4v) is 8.19. The average Bonchev–Trinajstić information content (AvgIpc) is 3.64. The van der Waals surface area contributed by atoms with Crippen molar-refractivity contribution in [2.75, 3.05) is 7.11 Å². The second kappa shape index (κ2) is 11.1. The molecule has 0 spiro atoms. The van der Waals surface area contributed by atoms with E-state index in [1.165, 1.54) is 28.0 Å². The minimum Gasteiger partial charge on any atom is -0.493 e. The zero-order valence-electron chi connectivity index (χ0n) is 22.2. The van der Waals surface area contributed by atoms with Crippen molar-refractivity contribution in [2.45, 2.75) is 25.5 Å². The van der Waals surface area contributed by atoms with E-state index in [1.54, 1.807) is 18.4 Å². The fraction of sp³-hybridized carbons (Fsp3) is 0.152. The van der Waals surface area contributed by atoms with Gasteiger partial charge in [0.2, 0.25) is 0 Å². The van der Waals surface area contributed by atoms with Gasteiger partial charge >= 0.3 is 0 Å². The minimum atomic E-state index is -0.139. The number of benzene rings is 3. The molecule has 204 valence electrons. The molecule has 0 unspecified atom stereocenters. The van der Waals surface area contributed by atoms with Gasteiger partial charge in [0.1, 0.15) is 6.61 Å². The maximum Gasteiger partial charge on any atom is 0.271 e. The maximum atomic E-state index is 14.0. The van der Waals surface area contributed by atoms with Crippen molar-refractivity contribution >= 4 is 57.0 Å². The summed E-state index contributed by atoms with van der Waals surface area (Å²) in [6.07, 6.45) is 3.79. The molecular formula is C33H25IN2O3S2. The minimum absolute atomic E-state index is 0.0177. The van der Waals surface area contributed by atoms with E-state index in [0.29, 0.717) is 22.6 Å². The smallest absolute Gasteiger partial charge is 0.271 e. The van der Waals surface area contributed by atoms with E-state index < -0.39 is 0 Å². The molecule has 3 aromatic carbocycles. The zero-order valence-corrected chi connectivity index (χ0v) is 26.0. The van der Waals surface area contributed by atoms with Crippen molar-refractivity contribution in [3.05, 3.63) is 140 Å². The number of hydrogen-bond acceptors (Lipinski definition) is 6. The number of nitrogens with zero attached hydrogens (tertiary/aromatic N) is 2. The van der Waals surface area contributed by atoms with E-state index in [9.17, 15) is 4.79 Å². The number of halogens is 1. The highest BCUT2D eigenvalue weighted by atomic mass is 127. The van der Waals surface area contributed by atoms with Crippen LogP contribution in [-0.4, -0.2) is 11.7 Å². The number of aryl methyl sites for hydroxylation is 1. The number of hydrogen-bond donors (Lipinski definition) is 0. The number of allylic oxidation sites excluding steroid dienone is 1. The Bertz CT molecular complexity index is 1980. The molecule has 7 rings (SSSR count). The Kier molecular flexibility index (Phi) is 7.14. The van der Waals surface area contributed by atoms with Crippen LogP contribution in [0, 0.1) is 3.57 Å². The van der Waals surface area contributed by atoms with Crippen molar-refractivity contribution < 1.29 is 9.47 Å². The molecule has 0 fully saturated rings. The van der Waals surface area contributed by atoms with Crippen molar-refractivity contribution in [3.63, 3.8) is 0 Å². The van der Waals surface area contributed by atoms with E-state index in [2.05, 4.69) is 64.4 Å². The first kappa shape index (κ1) is 26.4. The highest BCUT2D eigenvalue weighted by Crippen LogP contribution is 2.42. The van der Waals surface area contributed by atoms with Crippen molar-refractivity contribution in [1.29, 1.82) is 0 Å². The molecule has 5 nitrogen and oxygen atoms in total. The van der Waals surface area contributed by atoms with E-state index in [-0.39, 0.29) is 11.6 Å². The topological polar surface area (TPSA) is 52.8 Å². The van der Waals surface area contributed by atoms with Gasteiger partial charge in [-0.2, -0.15) is 0 Å². The third-order valence-electron chi connectivity index (χ3n) is 7.46. The summed E-state index contributed by atoms with van der Waals surface area (Å²) >= 11 is 5.40. The Balaban J connectivity index is 1.32. The van der Waals surface area contributed by atoms with E-state index >= 15 is 0 Å². The molecule has 0 saturated heterocycles. The van der Waals surface area contributed by atoms with Crippen molar-refractivity contribution in [2.24, 2.45) is 4.99 Å². The number of aromatic nitrogens is 1. The Morgan fingerprint density at radius 3 is 2.68 bits per heavy atom. The van der Waals surface area contributed by atoms with Gasteiger partial charge in [-0.3, -0.25) is 9.36 Å². The van der Waals surface area contributed by atoms with Crippen LogP contribution in [0.1, 0.15) is 39.6 Å². The molecule has 2 aromatic heterocycles. The molecule has 3 heterocycles. The predicted molar refractivity (Wildman–Crippen MR) is 174 cm³/mol. The number of methoxy groups -OCH3 is 1. The van der Waals surface area contributed by atoms with Gasteiger partial charge in [-0.05, 0) is 87.4 Å². The molecular weight excluding hydrogens is 663 g/mol. The largest absolute Gasteiger partial charge is 0.493 e. The van der Waals surface area contributed by atoms with Crippen LogP contribution in [0.2, 0.25) is 0 Å². The van der Waals surface area contributed by atoms with Gasteiger partial charge < -0.3 is 9.47 Å². The van der Waals surface area contributed by atoms with Crippen LogP contribution in [-0.2, 0) is 13.0 Å². The van der Waals surface area contributed by atoms with E-state index in [0.717, 1.165) is 42.9 Å². The molecule has 8 heteroatoms. The third kappa shape index (κ3) is 4.87. The molecule has 1 aliphatic carbocycles. The average molecular weight is 689 g/mol. The van der Waals surface area contributed by atoms with Gasteiger partial charge in [-0.15, -0.1) is 11.3 Å². The highest BCUT2D eigenvalue weighted by Gasteiger charge is 2.33. The summed E-state index contributed by atoms with van der Waals surface area (Å²) < 4.78 is 15.3. The Labute approximate surface area is 258 Å². The summed E-state index contributed by atoms with van der Waals surface area (Å²) in [5, 5.41) is 2.08. The Morgan fingerprint density at radius 1 is 1.05 bits per heavy atom. The van der Waals surface area contributed by atoms with Crippen molar-refractivity contribution in [1.82, 2.24) is 4.57 Å². The number of thiophene rings is 1. The SMILES string of the molecule is COc1cc(/C=c2/sc3n(c2=O)[C@@H](c2cccs2)C2=C(N=3)c3ccccc3CC2)cc(I)c1OCc1ccccc1. The highest BCUT2D eigenvalue weighted by molar-refractivity contribution is 14.1. The number of thiazole rings is 1. The van der Waals surface area contributed by atoms with Crippen LogP contribution in [0.25, 0.3) is 11.8 Å². The molecule has 1 atom stereocenters. The van der Waals surface area contributed by atoms with Crippen LogP contribution < -0.4 is 24.4 Å². The lowest BCUT2D eigenvalue weighted by Gasteiger charge is -2.30. The summed E-state index contributed by atoms with van der Waals surface area (Å²) in [7, 11) is 1.64. The van der Waals surface area contributed by atoms with Gasteiger partial charge in [0.05, 0.1) is 27.0 Å². The lowest BCUT2D eigenvalue weighted by atomic mass is 9.85. The molecule has 1 aliphatic heterocycles. The Hall–Kier alpha value is -3.47. The summed E-state index contributed by atoms with van der Waals surface area (Å²) in [4.78, 5) is 21.0. The monoisotopic (exact) mass is 688 g/mol. The summed E-state index contributed by atoms with van der Waals surface area (Å²) in [6, 6.07) is 26.6. The lowest BCUT2D eigenvalue weighted by molar-refractivity contribution is 0.282. The molecule has 2 aliphatic rings. The quantitative estimate of drug-likeness (QED) is 0.190. The normalized spacial score (nSPS) is 16.0. The molecule has 0 amide bonds. The lowest BCUT2D eigenvalue weighted by Crippen LogP contribution is -2.38. The number of fused-ring (bicyclic) bond motifs is 3. The summed E-state index contributed by atoms with van der Waals surface area (Å²) in [6.45, 7) is 0.446. The fourth-order valence-electron chi connectivity index (χ4n) is 5.56. The van der Waals surface area contributed by atoms with Crippen molar-refractivity contribution in [3.8, 4) is 11.5 Å². The van der Waals surface area contributed by atoms with E-state index in [4.69, 9.17) is 14.5 Å². The molecule has 41 heavy (non-hydrogen) atoms. The van der Waals surface area contributed by atoms with E-state index in [1.807, 2.05) is 53.1 Å². The van der Waals surface area contributed by atoms with Crippen LogP contribution >= 0.6 is 45.3 Å². The zero-order chi connectivity index (χ0) is 27.9. The Morgan fingerprint density at radius 2 is 1.88 bits per heavy atom. The second-order valence-electron chi connectivity index (χ2n) is 9.94. The molecule has 5 aromatic rings. The van der Waals surface area contributed by atoms with Gasteiger partial charge in [-0.25, -0.2) is 4.99 Å². The van der Waals surface area contributed by atoms with Gasteiger partial charge in [-0.1, -0.05) is 72.0 Å². The van der Waals surface area contributed by atoms with Gasteiger partial charge in [0, 0.05) is 10.4 Å². The molecule has 0 radical (unpaired) electrons.